The van der Waals surface area contributed by atoms with Gasteiger partial charge in [-0.05, 0) is 24.3 Å². The number of carboxylic acid groups (broad SMARTS) is 2. The normalized spacial score (nSPS) is 9.44. The van der Waals surface area contributed by atoms with Crippen LogP contribution in [0.1, 0.15) is 20.7 Å². The molecule has 4 aromatic rings. The molecule has 39 heavy (non-hydrogen) atoms. The second kappa shape index (κ2) is 18.0. The Morgan fingerprint density at radius 2 is 0.769 bits per heavy atom. The molecule has 0 aliphatic heterocycles. The number of carboxylic acids is 2. The third kappa shape index (κ3) is 13.7. The first-order chi connectivity index (χ1) is 18.8. The zero-order valence-electron chi connectivity index (χ0n) is 21.0. The molecule has 2 amide bonds. The number of hydrogen-bond donors (Lipinski definition) is 4. The minimum atomic E-state index is -1.05. The summed E-state index contributed by atoms with van der Waals surface area (Å²) in [6, 6.07) is 38.6. The van der Waals surface area contributed by atoms with Crippen molar-refractivity contribution in [3.8, 4) is 0 Å². The fourth-order valence-corrected chi connectivity index (χ4v) is 6.99. The molecule has 4 rings (SSSR count). The minimum absolute atomic E-state index is 0.353. The quantitative estimate of drug-likeness (QED) is 0.207. The molecule has 198 valence electrons. The topological polar surface area (TPSA) is 133 Å². The SMILES string of the molecule is O=C(O)CNC(=O)c1ccccc1.O=C(O)CNC(=O)c1ccccc1.c1cc[c]([Pb][c]2ccccc2)cc1. The molecule has 9 heteroatoms. The summed E-state index contributed by atoms with van der Waals surface area (Å²) in [6.07, 6.45) is 0. The third-order valence-electron chi connectivity index (χ3n) is 4.71. The summed E-state index contributed by atoms with van der Waals surface area (Å²) in [5.74, 6) is -2.85. The van der Waals surface area contributed by atoms with E-state index in [1.807, 2.05) is 0 Å². The zero-order chi connectivity index (χ0) is 28.3. The summed E-state index contributed by atoms with van der Waals surface area (Å²) in [4.78, 5) is 42.6. The van der Waals surface area contributed by atoms with Crippen molar-refractivity contribution < 1.29 is 29.4 Å². The van der Waals surface area contributed by atoms with Gasteiger partial charge in [-0.2, -0.15) is 0 Å². The predicted octanol–water partition coefficient (Wildman–Crippen LogP) is 2.34. The molecule has 0 aliphatic carbocycles. The number of carbonyl (C=O) groups excluding carboxylic acids is 2. The van der Waals surface area contributed by atoms with E-state index in [1.54, 1.807) is 66.9 Å². The average molecular weight is 720 g/mol. The van der Waals surface area contributed by atoms with Crippen LogP contribution in [0, 0.1) is 0 Å². The Morgan fingerprint density at radius 3 is 1.05 bits per heavy atom. The van der Waals surface area contributed by atoms with Crippen molar-refractivity contribution in [3.05, 3.63) is 132 Å². The van der Waals surface area contributed by atoms with E-state index in [0.717, 1.165) is 0 Å². The van der Waals surface area contributed by atoms with E-state index >= 15 is 0 Å². The van der Waals surface area contributed by atoms with Gasteiger partial charge in [-0.3, -0.25) is 19.2 Å². The number of hydrogen-bond acceptors (Lipinski definition) is 4. The number of amides is 2. The number of benzene rings is 4. The van der Waals surface area contributed by atoms with E-state index in [1.165, 1.54) is 0 Å². The van der Waals surface area contributed by atoms with Gasteiger partial charge in [-0.15, -0.1) is 0 Å². The van der Waals surface area contributed by atoms with Crippen LogP contribution in [0.15, 0.2) is 121 Å². The van der Waals surface area contributed by atoms with Gasteiger partial charge >= 0.3 is 103 Å². The maximum atomic E-state index is 11.2. The summed E-state index contributed by atoms with van der Waals surface area (Å²) in [5, 5.41) is 21.1. The van der Waals surface area contributed by atoms with Crippen LogP contribution in [0.4, 0.5) is 0 Å². The van der Waals surface area contributed by atoms with Crippen molar-refractivity contribution >= 4 is 54.2 Å². The molecule has 0 spiro atoms. The molecule has 0 heterocycles. The number of carbonyl (C=O) groups is 4. The summed E-state index contributed by atoms with van der Waals surface area (Å²) < 4.78 is 3.13. The Morgan fingerprint density at radius 1 is 0.487 bits per heavy atom. The summed E-state index contributed by atoms with van der Waals surface area (Å²) in [6.45, 7) is -0.707. The van der Waals surface area contributed by atoms with Gasteiger partial charge in [0, 0.05) is 11.1 Å². The van der Waals surface area contributed by atoms with Crippen LogP contribution in [0.25, 0.3) is 0 Å². The molecule has 0 saturated heterocycles. The molecule has 0 saturated carbocycles. The summed E-state index contributed by atoms with van der Waals surface area (Å²) in [7, 11) is 0. The van der Waals surface area contributed by atoms with Crippen LogP contribution in [0.5, 0.6) is 0 Å². The second-order valence-electron chi connectivity index (χ2n) is 7.74. The molecular weight excluding hydrogens is 692 g/mol. The van der Waals surface area contributed by atoms with E-state index in [9.17, 15) is 19.2 Å². The van der Waals surface area contributed by atoms with Gasteiger partial charge in [0.15, 0.2) is 0 Å². The van der Waals surface area contributed by atoms with Crippen molar-refractivity contribution in [1.29, 1.82) is 0 Å². The molecule has 0 aliphatic rings. The molecule has 0 atom stereocenters. The molecule has 4 aromatic carbocycles. The van der Waals surface area contributed by atoms with E-state index in [-0.39, 0.29) is 24.9 Å². The van der Waals surface area contributed by atoms with E-state index in [2.05, 4.69) is 71.3 Å². The Balaban J connectivity index is 0.000000205. The number of nitrogens with one attached hydrogen (secondary N) is 2. The first-order valence-corrected chi connectivity index (χ1v) is 15.7. The van der Waals surface area contributed by atoms with Crippen molar-refractivity contribution in [3.63, 3.8) is 0 Å². The van der Waals surface area contributed by atoms with Gasteiger partial charge in [0.25, 0.3) is 11.8 Å². The van der Waals surface area contributed by atoms with Gasteiger partial charge in [-0.25, -0.2) is 0 Å². The zero-order valence-corrected chi connectivity index (χ0v) is 24.9. The Bertz CT molecular complexity index is 1200. The molecule has 0 aromatic heterocycles. The maximum absolute atomic E-state index is 11.2. The molecule has 0 fully saturated rings. The van der Waals surface area contributed by atoms with Gasteiger partial charge in [0.1, 0.15) is 13.1 Å². The van der Waals surface area contributed by atoms with E-state index in [0.29, 0.717) is 11.1 Å². The molecule has 2 radical (unpaired) electrons. The average Bonchev–Trinajstić information content (AvgIpc) is 2.97. The van der Waals surface area contributed by atoms with Crippen LogP contribution in [-0.2, 0) is 9.59 Å². The van der Waals surface area contributed by atoms with Crippen molar-refractivity contribution in [2.45, 2.75) is 0 Å². The molecule has 0 unspecified atom stereocenters. The van der Waals surface area contributed by atoms with Crippen molar-refractivity contribution in [1.82, 2.24) is 10.6 Å². The fraction of sp³-hybridized carbons (Fsp3) is 0.0667. The standard InChI is InChI=1S/2C9H9NO3.2C6H5.Pb/c2*11-8(12)6-10-9(13)7-4-2-1-3-5-7;2*1-2-4-6-5-3-1;/h2*1-5H,6H2,(H,10,13)(H,11,12);2*1-5H;. The van der Waals surface area contributed by atoms with Gasteiger partial charge < -0.3 is 20.8 Å². The van der Waals surface area contributed by atoms with Crippen LogP contribution in [-0.4, -0.2) is 71.3 Å². The predicted molar refractivity (Wildman–Crippen MR) is 151 cm³/mol. The fourth-order valence-electron chi connectivity index (χ4n) is 2.90. The van der Waals surface area contributed by atoms with E-state index in [4.69, 9.17) is 10.2 Å². The summed E-state index contributed by atoms with van der Waals surface area (Å²) in [5.41, 5.74) is 0.924. The first kappa shape index (κ1) is 30.9. The third-order valence-corrected chi connectivity index (χ3v) is 9.54. The molecule has 0 bridgehead atoms. The molecule has 4 N–H and O–H groups in total. The van der Waals surface area contributed by atoms with Gasteiger partial charge in [-0.1, -0.05) is 36.4 Å². The molecular formula is C30H28N2O6Pb. The summed E-state index contributed by atoms with van der Waals surface area (Å²) >= 11 is -0.740. The monoisotopic (exact) mass is 720 g/mol. The Kier molecular flexibility index (Phi) is 14.3. The van der Waals surface area contributed by atoms with Gasteiger partial charge in [0.05, 0.1) is 0 Å². The van der Waals surface area contributed by atoms with Crippen molar-refractivity contribution in [2.75, 3.05) is 13.1 Å². The number of rotatable bonds is 8. The Hall–Kier alpha value is -4.32. The van der Waals surface area contributed by atoms with Crippen molar-refractivity contribution in [2.24, 2.45) is 0 Å². The van der Waals surface area contributed by atoms with E-state index < -0.39 is 36.2 Å². The van der Waals surface area contributed by atoms with Crippen LogP contribution < -0.4 is 16.9 Å². The van der Waals surface area contributed by atoms with Crippen LogP contribution >= 0.6 is 0 Å². The molecule has 8 nitrogen and oxygen atoms in total. The van der Waals surface area contributed by atoms with Crippen LogP contribution in [0.2, 0.25) is 0 Å². The first-order valence-electron chi connectivity index (χ1n) is 11.8. The van der Waals surface area contributed by atoms with Crippen LogP contribution in [0.3, 0.4) is 0 Å². The second-order valence-corrected chi connectivity index (χ2v) is 13.2. The van der Waals surface area contributed by atoms with Gasteiger partial charge in [0.2, 0.25) is 0 Å². The number of aliphatic carboxylic acids is 2. The Labute approximate surface area is 238 Å².